The molecule has 1 aliphatic heterocycles. The summed E-state index contributed by atoms with van der Waals surface area (Å²) >= 11 is 0. The number of amides is 1. The van der Waals surface area contributed by atoms with Crippen LogP contribution in [0, 0.1) is 16.7 Å². The van der Waals surface area contributed by atoms with Gasteiger partial charge >= 0.3 is 0 Å². The third kappa shape index (κ3) is 5.46. The smallest absolute Gasteiger partial charge is 0.279 e. The van der Waals surface area contributed by atoms with Crippen molar-refractivity contribution in [3.05, 3.63) is 29.3 Å². The predicted molar refractivity (Wildman–Crippen MR) is 119 cm³/mol. The van der Waals surface area contributed by atoms with Crippen LogP contribution >= 0.6 is 0 Å². The van der Waals surface area contributed by atoms with Crippen LogP contribution in [0.4, 0.5) is 0 Å². The number of benzene rings is 1. The number of hydrogen-bond donors (Lipinski definition) is 3. The molecule has 3 rings (SSSR count). The van der Waals surface area contributed by atoms with Crippen LogP contribution in [0.5, 0.6) is 5.75 Å². The molecule has 1 heterocycles. The van der Waals surface area contributed by atoms with Crippen molar-refractivity contribution in [1.29, 1.82) is 5.41 Å². The lowest BCUT2D eigenvalue weighted by molar-refractivity contribution is -0.129. The second kappa shape index (κ2) is 8.86. The molecule has 1 unspecified atom stereocenters. The maximum Gasteiger partial charge on any atom is 0.279 e. The Morgan fingerprint density at radius 2 is 2.07 bits per heavy atom. The Labute approximate surface area is 180 Å². The monoisotopic (exact) mass is 415 g/mol. The van der Waals surface area contributed by atoms with Crippen LogP contribution in [0.1, 0.15) is 83.3 Å². The van der Waals surface area contributed by atoms with Crippen LogP contribution in [0.2, 0.25) is 0 Å². The quantitative estimate of drug-likeness (QED) is 0.457. The number of fused-ring (bicyclic) bond motifs is 1. The van der Waals surface area contributed by atoms with E-state index in [9.17, 15) is 4.79 Å². The summed E-state index contributed by atoms with van der Waals surface area (Å²) in [5.74, 6) is 1.99. The lowest BCUT2D eigenvalue weighted by Gasteiger charge is -2.38. The maximum atomic E-state index is 12.3. The minimum absolute atomic E-state index is 0.0267. The molecule has 6 heteroatoms. The molecule has 30 heavy (non-hydrogen) atoms. The van der Waals surface area contributed by atoms with Crippen LogP contribution in [0.25, 0.3) is 0 Å². The number of nitrogens with two attached hydrogens (primary N) is 1. The van der Waals surface area contributed by atoms with Gasteiger partial charge in [0.25, 0.3) is 6.02 Å². The van der Waals surface area contributed by atoms with Gasteiger partial charge in [0.05, 0.1) is 6.61 Å². The van der Waals surface area contributed by atoms with Gasteiger partial charge in [-0.15, -0.1) is 0 Å². The molecule has 0 spiro atoms. The number of nitrogens with one attached hydrogen (secondary N) is 2. The average Bonchev–Trinajstić information content (AvgIpc) is 3.49. The SMILES string of the molecule is CC1[C@H](CC[C@H](C)NC(=O)C(C)(C)C)Oc2ccc(C3CC3)cc2[C@@H]1COC(=N)N. The molecule has 6 nitrogen and oxygen atoms in total. The summed E-state index contributed by atoms with van der Waals surface area (Å²) in [4.78, 5) is 12.3. The second-order valence-corrected chi connectivity index (χ2v) is 10.1. The van der Waals surface area contributed by atoms with E-state index >= 15 is 0 Å². The van der Waals surface area contributed by atoms with Crippen molar-refractivity contribution in [3.8, 4) is 5.75 Å². The van der Waals surface area contributed by atoms with Crippen molar-refractivity contribution in [2.45, 2.75) is 84.3 Å². The number of ether oxygens (including phenoxy) is 2. The molecule has 1 fully saturated rings. The molecule has 0 saturated heterocycles. The molecule has 1 aliphatic carbocycles. The lowest BCUT2D eigenvalue weighted by atomic mass is 9.79. The van der Waals surface area contributed by atoms with Crippen molar-refractivity contribution in [1.82, 2.24) is 5.32 Å². The molecule has 1 aromatic rings. The highest BCUT2D eigenvalue weighted by Gasteiger charge is 2.37. The van der Waals surface area contributed by atoms with Crippen LogP contribution in [-0.2, 0) is 9.53 Å². The molecule has 1 aromatic carbocycles. The molecule has 0 aromatic heterocycles. The van der Waals surface area contributed by atoms with E-state index in [0.29, 0.717) is 12.5 Å². The Balaban J connectivity index is 1.70. The Morgan fingerprint density at radius 1 is 1.37 bits per heavy atom. The van der Waals surface area contributed by atoms with Crippen LogP contribution in [-0.4, -0.2) is 30.7 Å². The van der Waals surface area contributed by atoms with Crippen LogP contribution < -0.4 is 15.8 Å². The molecule has 0 bridgehead atoms. The van der Waals surface area contributed by atoms with Gasteiger partial charge in [0.1, 0.15) is 11.9 Å². The Morgan fingerprint density at radius 3 is 2.67 bits per heavy atom. The van der Waals surface area contributed by atoms with E-state index in [1.54, 1.807) is 0 Å². The first-order valence-electron chi connectivity index (χ1n) is 11.1. The van der Waals surface area contributed by atoms with E-state index in [4.69, 9.17) is 20.6 Å². The molecule has 1 amide bonds. The third-order valence-corrected chi connectivity index (χ3v) is 6.34. The third-order valence-electron chi connectivity index (χ3n) is 6.34. The van der Waals surface area contributed by atoms with Gasteiger partial charge in [-0.3, -0.25) is 10.2 Å². The minimum atomic E-state index is -0.393. The normalized spacial score (nSPS) is 24.4. The number of carbonyl (C=O) groups is 1. The topological polar surface area (TPSA) is 97.4 Å². The first-order chi connectivity index (χ1) is 14.1. The molecule has 0 radical (unpaired) electrons. The summed E-state index contributed by atoms with van der Waals surface area (Å²) in [7, 11) is 0. The first-order valence-corrected chi connectivity index (χ1v) is 11.1. The van der Waals surface area contributed by atoms with Gasteiger partial charge in [-0.1, -0.05) is 39.8 Å². The highest BCUT2D eigenvalue weighted by Crippen LogP contribution is 2.46. The van der Waals surface area contributed by atoms with Gasteiger partial charge in [0.15, 0.2) is 0 Å². The van der Waals surface area contributed by atoms with E-state index < -0.39 is 5.41 Å². The van der Waals surface area contributed by atoms with Gasteiger partial charge in [0.2, 0.25) is 5.91 Å². The van der Waals surface area contributed by atoms with E-state index in [1.165, 1.54) is 24.0 Å². The predicted octanol–water partition coefficient (Wildman–Crippen LogP) is 4.29. The maximum absolute atomic E-state index is 12.3. The zero-order valence-electron chi connectivity index (χ0n) is 19.0. The summed E-state index contributed by atoms with van der Waals surface area (Å²) in [6.45, 7) is 10.4. The van der Waals surface area contributed by atoms with E-state index in [2.05, 4.69) is 30.4 Å². The van der Waals surface area contributed by atoms with Gasteiger partial charge in [0, 0.05) is 28.9 Å². The zero-order valence-corrected chi connectivity index (χ0v) is 19.0. The summed E-state index contributed by atoms with van der Waals surface area (Å²) in [6, 6.07) is 6.37. The first kappa shape index (κ1) is 22.4. The number of carbonyl (C=O) groups excluding carboxylic acids is 1. The molecule has 4 atom stereocenters. The molecule has 166 valence electrons. The van der Waals surface area contributed by atoms with Crippen molar-refractivity contribution in [3.63, 3.8) is 0 Å². The highest BCUT2D eigenvalue weighted by molar-refractivity contribution is 5.81. The Bertz CT molecular complexity index is 782. The number of hydrogen-bond acceptors (Lipinski definition) is 4. The Hall–Kier alpha value is -2.24. The average molecular weight is 416 g/mol. The van der Waals surface area contributed by atoms with Crippen molar-refractivity contribution in [2.24, 2.45) is 17.1 Å². The molecular weight excluding hydrogens is 378 g/mol. The van der Waals surface area contributed by atoms with Gasteiger partial charge < -0.3 is 20.5 Å². The summed E-state index contributed by atoms with van der Waals surface area (Å²) < 4.78 is 11.8. The van der Waals surface area contributed by atoms with Gasteiger partial charge in [-0.25, -0.2) is 0 Å². The zero-order chi connectivity index (χ0) is 22.1. The number of amidine groups is 1. The van der Waals surface area contributed by atoms with E-state index in [-0.39, 0.29) is 35.9 Å². The molecule has 2 aliphatic rings. The summed E-state index contributed by atoms with van der Waals surface area (Å²) in [5.41, 5.74) is 7.61. The lowest BCUT2D eigenvalue weighted by Crippen LogP contribution is -2.42. The largest absolute Gasteiger partial charge is 0.490 e. The fraction of sp³-hybridized carbons (Fsp3) is 0.667. The van der Waals surface area contributed by atoms with Crippen LogP contribution in [0.3, 0.4) is 0 Å². The fourth-order valence-corrected chi connectivity index (χ4v) is 4.12. The summed E-state index contributed by atoms with van der Waals surface area (Å²) in [6.07, 6.45) is 4.22. The van der Waals surface area contributed by atoms with Gasteiger partial charge in [-0.05, 0) is 50.2 Å². The van der Waals surface area contributed by atoms with Crippen molar-refractivity contribution >= 4 is 11.9 Å². The molecular formula is C24H37N3O3. The van der Waals surface area contributed by atoms with Crippen LogP contribution in [0.15, 0.2) is 18.2 Å². The van der Waals surface area contributed by atoms with Crippen molar-refractivity contribution in [2.75, 3.05) is 6.61 Å². The summed E-state index contributed by atoms with van der Waals surface area (Å²) in [5, 5.41) is 10.6. The van der Waals surface area contributed by atoms with E-state index in [1.807, 2.05) is 27.7 Å². The standard InChI is InChI=1S/C24H37N3O3/c1-14(27-22(28)24(3,4)5)6-10-20-15(2)19(13-29-23(25)26)18-12-17(16-7-8-16)9-11-21(18)30-20/h9,11-12,14-16,19-20H,6-8,10,13H2,1-5H3,(H3,25,26)(H,27,28)/t14-,15?,19+,20-/m0/s1. The fourth-order valence-electron chi connectivity index (χ4n) is 4.12. The Kier molecular flexibility index (Phi) is 6.63. The van der Waals surface area contributed by atoms with E-state index in [0.717, 1.165) is 18.6 Å². The van der Waals surface area contributed by atoms with Crippen molar-refractivity contribution < 1.29 is 14.3 Å². The highest BCUT2D eigenvalue weighted by atomic mass is 16.5. The molecule has 1 saturated carbocycles. The van der Waals surface area contributed by atoms with Gasteiger partial charge in [-0.2, -0.15) is 0 Å². The second-order valence-electron chi connectivity index (χ2n) is 10.1. The minimum Gasteiger partial charge on any atom is -0.490 e. The number of rotatable bonds is 7. The molecule has 4 N–H and O–H groups in total.